The van der Waals surface area contributed by atoms with Gasteiger partial charge in [-0.1, -0.05) is 24.4 Å². The third-order valence-electron chi connectivity index (χ3n) is 7.53. The number of fused-ring (bicyclic) bond motifs is 2. The Morgan fingerprint density at radius 3 is 2.72 bits per heavy atom. The summed E-state index contributed by atoms with van der Waals surface area (Å²) in [6, 6.07) is 11.1. The molecular formula is C29H29N5O5. The molecule has 0 unspecified atom stereocenters. The topological polar surface area (TPSA) is 146 Å². The molecule has 1 atom stereocenters. The molecule has 2 aromatic carbocycles. The Kier molecular flexibility index (Phi) is 6.30. The van der Waals surface area contributed by atoms with Crippen LogP contribution in [0.4, 0.5) is 0 Å². The number of imidazole rings is 1. The number of carboxylic acids is 1. The zero-order valence-corrected chi connectivity index (χ0v) is 21.5. The monoisotopic (exact) mass is 527 g/mol. The van der Waals surface area contributed by atoms with Crippen LogP contribution in [0.3, 0.4) is 0 Å². The van der Waals surface area contributed by atoms with Gasteiger partial charge in [-0.3, -0.25) is 4.79 Å². The number of phenols is 1. The molecule has 10 nitrogen and oxygen atoms in total. The molecule has 39 heavy (non-hydrogen) atoms. The number of amides is 1. The van der Waals surface area contributed by atoms with Gasteiger partial charge in [-0.2, -0.15) is 0 Å². The second kappa shape index (κ2) is 9.94. The van der Waals surface area contributed by atoms with Gasteiger partial charge in [-0.25, -0.2) is 9.78 Å². The summed E-state index contributed by atoms with van der Waals surface area (Å²) < 4.78 is 7.53. The largest absolute Gasteiger partial charge is 0.508 e. The molecule has 1 saturated carbocycles. The van der Waals surface area contributed by atoms with E-state index in [1.807, 2.05) is 19.1 Å². The molecule has 1 fully saturated rings. The van der Waals surface area contributed by atoms with Crippen LogP contribution in [0.1, 0.15) is 59.8 Å². The van der Waals surface area contributed by atoms with E-state index in [2.05, 4.69) is 20.0 Å². The van der Waals surface area contributed by atoms with Crippen LogP contribution in [0.2, 0.25) is 0 Å². The van der Waals surface area contributed by atoms with Crippen LogP contribution < -0.4 is 5.32 Å². The molecule has 4 N–H and O–H groups in total. The molecule has 1 amide bonds. The zero-order chi connectivity index (χ0) is 27.1. The Morgan fingerprint density at radius 1 is 1.15 bits per heavy atom. The van der Waals surface area contributed by atoms with E-state index in [9.17, 15) is 19.8 Å². The quantitative estimate of drug-likeness (QED) is 0.230. The predicted octanol–water partition coefficient (Wildman–Crippen LogP) is 5.12. The molecule has 0 radical (unpaired) electrons. The summed E-state index contributed by atoms with van der Waals surface area (Å²) in [6.45, 7) is 1.84. The van der Waals surface area contributed by atoms with Crippen LogP contribution in [0.5, 0.6) is 5.75 Å². The van der Waals surface area contributed by atoms with Crippen molar-refractivity contribution in [1.29, 1.82) is 0 Å². The molecule has 3 heterocycles. The summed E-state index contributed by atoms with van der Waals surface area (Å²) in [5, 5.41) is 27.3. The van der Waals surface area contributed by atoms with Crippen LogP contribution in [0.15, 0.2) is 53.2 Å². The number of aromatic amines is 1. The van der Waals surface area contributed by atoms with Crippen molar-refractivity contribution in [2.75, 3.05) is 0 Å². The third kappa shape index (κ3) is 4.73. The van der Waals surface area contributed by atoms with Crippen molar-refractivity contribution in [2.24, 2.45) is 0 Å². The van der Waals surface area contributed by atoms with Gasteiger partial charge >= 0.3 is 5.97 Å². The lowest BCUT2D eigenvalue weighted by Crippen LogP contribution is -2.42. The molecule has 1 aliphatic rings. The second-order valence-electron chi connectivity index (χ2n) is 10.2. The summed E-state index contributed by atoms with van der Waals surface area (Å²) in [5.74, 6) is -0.169. The lowest BCUT2D eigenvalue weighted by Gasteiger charge is -2.25. The Hall–Kier alpha value is -4.60. The number of hydrogen-bond donors (Lipinski definition) is 4. The molecule has 1 aliphatic carbocycles. The summed E-state index contributed by atoms with van der Waals surface area (Å²) in [4.78, 5) is 33.2. The number of aromatic nitrogens is 4. The normalized spacial score (nSPS) is 15.1. The molecule has 6 rings (SSSR count). The minimum Gasteiger partial charge on any atom is -0.508 e. The highest BCUT2D eigenvalue weighted by Gasteiger charge is 2.26. The number of hydrogen-bond acceptors (Lipinski definition) is 6. The fourth-order valence-electron chi connectivity index (χ4n) is 5.60. The lowest BCUT2D eigenvalue weighted by atomic mass is 9.95. The number of phenolic OH excluding ortho intramolecular Hbond substituents is 1. The summed E-state index contributed by atoms with van der Waals surface area (Å²) in [7, 11) is 0. The second-order valence-corrected chi connectivity index (χ2v) is 10.2. The van der Waals surface area contributed by atoms with Gasteiger partial charge in [-0.05, 0) is 61.7 Å². The number of H-pyrrole nitrogens is 1. The molecule has 0 bridgehead atoms. The van der Waals surface area contributed by atoms with Gasteiger partial charge in [0.05, 0.1) is 11.0 Å². The van der Waals surface area contributed by atoms with Gasteiger partial charge in [0, 0.05) is 41.2 Å². The minimum absolute atomic E-state index is 0.0543. The number of carboxylic acid groups (broad SMARTS) is 1. The van der Waals surface area contributed by atoms with E-state index in [4.69, 9.17) is 9.51 Å². The number of aromatic hydroxyl groups is 1. The third-order valence-corrected chi connectivity index (χ3v) is 7.53. The highest BCUT2D eigenvalue weighted by molar-refractivity contribution is 5.99. The molecule has 0 spiro atoms. The molecule has 0 aliphatic heterocycles. The Balaban J connectivity index is 1.30. The van der Waals surface area contributed by atoms with Gasteiger partial charge in [-0.15, -0.1) is 0 Å². The number of nitrogens with zero attached hydrogens (tertiary/aromatic N) is 3. The molecule has 10 heteroatoms. The molecule has 5 aromatic rings. The average Bonchev–Trinajstić information content (AvgIpc) is 3.64. The first-order valence-corrected chi connectivity index (χ1v) is 13.2. The maximum absolute atomic E-state index is 13.2. The smallest absolute Gasteiger partial charge is 0.326 e. The number of carbonyl (C=O) groups is 2. The van der Waals surface area contributed by atoms with E-state index in [1.54, 1.807) is 36.5 Å². The van der Waals surface area contributed by atoms with E-state index in [0.29, 0.717) is 39.3 Å². The Morgan fingerprint density at radius 2 is 1.97 bits per heavy atom. The highest BCUT2D eigenvalue weighted by Crippen LogP contribution is 2.36. The summed E-state index contributed by atoms with van der Waals surface area (Å²) >= 11 is 0. The van der Waals surface area contributed by atoms with Gasteiger partial charge in [0.25, 0.3) is 5.91 Å². The SMILES string of the molecule is Cc1cc(-c2nc3cc(C(=O)N[C@@H](Cc4c[nH]c5ccc(O)cc45)C(=O)O)ccc3n2C2CCCCC2)no1. The van der Waals surface area contributed by atoms with Crippen molar-refractivity contribution in [2.45, 2.75) is 57.5 Å². The van der Waals surface area contributed by atoms with Gasteiger partial charge in [0.2, 0.25) is 0 Å². The first kappa shape index (κ1) is 24.7. The number of aliphatic carboxylic acids is 1. The van der Waals surface area contributed by atoms with Gasteiger partial charge < -0.3 is 29.6 Å². The fourth-order valence-corrected chi connectivity index (χ4v) is 5.60. The summed E-state index contributed by atoms with van der Waals surface area (Å²) in [6.07, 6.45) is 7.36. The number of carbonyl (C=O) groups excluding carboxylic acids is 1. The summed E-state index contributed by atoms with van der Waals surface area (Å²) in [5.41, 5.74) is 3.97. The number of benzene rings is 2. The maximum atomic E-state index is 13.2. The van der Waals surface area contributed by atoms with E-state index in [0.717, 1.165) is 36.7 Å². The van der Waals surface area contributed by atoms with E-state index in [1.165, 1.54) is 6.42 Å². The van der Waals surface area contributed by atoms with E-state index >= 15 is 0 Å². The first-order valence-electron chi connectivity index (χ1n) is 13.2. The van der Waals surface area contributed by atoms with Crippen molar-refractivity contribution in [3.8, 4) is 17.3 Å². The van der Waals surface area contributed by atoms with Gasteiger partial charge in [0.15, 0.2) is 5.82 Å². The molecular weight excluding hydrogens is 498 g/mol. The standard InChI is InChI=1S/C29H29N5O5/c1-16-11-24(33-39-16)27-31-23-12-17(7-10-26(23)34(27)19-5-3-2-4-6-19)28(36)32-25(29(37)38)13-18-15-30-22-9-8-20(35)14-21(18)22/h7-12,14-15,19,25,30,35H,2-6,13H2,1H3,(H,32,36)(H,37,38)/t25-/m0/s1. The lowest BCUT2D eigenvalue weighted by molar-refractivity contribution is -0.139. The van der Waals surface area contributed by atoms with Crippen molar-refractivity contribution in [1.82, 2.24) is 25.0 Å². The van der Waals surface area contributed by atoms with Gasteiger partial charge in [0.1, 0.15) is 23.2 Å². The van der Waals surface area contributed by atoms with E-state index in [-0.39, 0.29) is 18.2 Å². The average molecular weight is 528 g/mol. The van der Waals surface area contributed by atoms with Crippen molar-refractivity contribution in [3.63, 3.8) is 0 Å². The van der Waals surface area contributed by atoms with Crippen molar-refractivity contribution < 1.29 is 24.3 Å². The number of aryl methyl sites for hydroxylation is 1. The number of rotatable bonds is 7. The fraction of sp³-hybridized carbons (Fsp3) is 0.310. The van der Waals surface area contributed by atoms with Crippen LogP contribution >= 0.6 is 0 Å². The molecule has 200 valence electrons. The molecule has 0 saturated heterocycles. The minimum atomic E-state index is -1.16. The van der Waals surface area contributed by atoms with Crippen LogP contribution in [0.25, 0.3) is 33.5 Å². The Bertz CT molecular complexity index is 1690. The highest BCUT2D eigenvalue weighted by atomic mass is 16.5. The van der Waals surface area contributed by atoms with Crippen molar-refractivity contribution in [3.05, 3.63) is 65.5 Å². The first-order chi connectivity index (χ1) is 18.9. The van der Waals surface area contributed by atoms with E-state index < -0.39 is 17.9 Å². The van der Waals surface area contributed by atoms with Crippen molar-refractivity contribution >= 4 is 33.8 Å². The van der Waals surface area contributed by atoms with Crippen LogP contribution in [-0.4, -0.2) is 47.8 Å². The van der Waals surface area contributed by atoms with Crippen LogP contribution in [0, 0.1) is 6.92 Å². The number of nitrogens with one attached hydrogen (secondary N) is 2. The Labute approximate surface area is 223 Å². The van der Waals surface area contributed by atoms with Crippen LogP contribution in [-0.2, 0) is 11.2 Å². The molecule has 3 aromatic heterocycles. The predicted molar refractivity (Wildman–Crippen MR) is 145 cm³/mol. The maximum Gasteiger partial charge on any atom is 0.326 e. The zero-order valence-electron chi connectivity index (χ0n) is 21.5.